The summed E-state index contributed by atoms with van der Waals surface area (Å²) in [4.78, 5) is 23.0. The molecule has 0 bridgehead atoms. The lowest BCUT2D eigenvalue weighted by Crippen LogP contribution is -2.45. The molecule has 0 aromatic heterocycles. The predicted octanol–water partition coefficient (Wildman–Crippen LogP) is 2.85. The number of carboxylic acids is 1. The Kier molecular flexibility index (Phi) is 9.10. The number of rotatable bonds is 13. The van der Waals surface area contributed by atoms with E-state index in [0.29, 0.717) is 24.5 Å². The molecule has 3 rings (SSSR count). The van der Waals surface area contributed by atoms with E-state index in [1.165, 1.54) is 0 Å². The quantitative estimate of drug-likeness (QED) is 0.369. The summed E-state index contributed by atoms with van der Waals surface area (Å²) in [7, 11) is -3.57. The predicted molar refractivity (Wildman–Crippen MR) is 136 cm³/mol. The molecule has 2 aromatic carbocycles. The Labute approximate surface area is 212 Å². The maximum atomic E-state index is 12.3. The van der Waals surface area contributed by atoms with Crippen molar-refractivity contribution in [2.45, 2.75) is 57.3 Å². The van der Waals surface area contributed by atoms with Crippen molar-refractivity contribution in [3.8, 4) is 11.5 Å². The smallest absolute Gasteiger partial charge is 0.317 e. The second-order valence-electron chi connectivity index (χ2n) is 9.72. The molecule has 1 aliphatic rings. The van der Waals surface area contributed by atoms with Crippen LogP contribution in [-0.4, -0.2) is 56.3 Å². The van der Waals surface area contributed by atoms with Gasteiger partial charge in [-0.2, -0.15) is 0 Å². The monoisotopic (exact) mass is 518 g/mol. The van der Waals surface area contributed by atoms with Crippen LogP contribution in [0.15, 0.2) is 48.5 Å². The topological polar surface area (TPSA) is 131 Å². The molecular weight excluding hydrogens is 484 g/mol. The normalized spacial score (nSPS) is 17.5. The Hall–Kier alpha value is -2.95. The molecule has 1 heterocycles. The third-order valence-electron chi connectivity index (χ3n) is 5.91. The highest BCUT2D eigenvalue weighted by Gasteiger charge is 2.39. The van der Waals surface area contributed by atoms with E-state index in [-0.39, 0.29) is 37.6 Å². The van der Waals surface area contributed by atoms with E-state index < -0.39 is 27.6 Å². The number of benzene rings is 2. The van der Waals surface area contributed by atoms with Gasteiger partial charge in [-0.15, -0.1) is 0 Å². The van der Waals surface area contributed by atoms with Gasteiger partial charge in [-0.25, -0.2) is 13.1 Å². The molecule has 36 heavy (non-hydrogen) atoms. The third kappa shape index (κ3) is 8.61. The maximum absolute atomic E-state index is 12.3. The summed E-state index contributed by atoms with van der Waals surface area (Å²) in [6.45, 7) is 3.87. The van der Waals surface area contributed by atoms with Crippen LogP contribution in [0.4, 0.5) is 0 Å². The summed E-state index contributed by atoms with van der Waals surface area (Å²) in [5.41, 5.74) is 1.29. The van der Waals surface area contributed by atoms with Crippen LogP contribution in [0.1, 0.15) is 50.2 Å². The fraction of sp³-hybridized carbons (Fsp3) is 0.462. The molecule has 0 spiro atoms. The van der Waals surface area contributed by atoms with E-state index in [1.807, 2.05) is 62.4 Å². The first-order valence-corrected chi connectivity index (χ1v) is 13.7. The summed E-state index contributed by atoms with van der Waals surface area (Å²) in [6, 6.07) is 14.8. The molecule has 0 saturated carbocycles. The Morgan fingerprint density at radius 2 is 1.89 bits per heavy atom. The number of carbonyl (C=O) groups is 2. The minimum Gasteiger partial charge on any atom is -0.489 e. The van der Waals surface area contributed by atoms with Crippen LogP contribution in [0.3, 0.4) is 0 Å². The zero-order valence-corrected chi connectivity index (χ0v) is 21.6. The highest BCUT2D eigenvalue weighted by atomic mass is 32.2. The van der Waals surface area contributed by atoms with Crippen LogP contribution in [-0.2, 0) is 26.2 Å². The second-order valence-corrected chi connectivity index (χ2v) is 11.5. The lowest BCUT2D eigenvalue weighted by atomic mass is 9.78. The van der Waals surface area contributed by atoms with Crippen molar-refractivity contribution in [1.29, 1.82) is 0 Å². The van der Waals surface area contributed by atoms with Gasteiger partial charge in [0.05, 0.1) is 19.3 Å². The molecule has 0 radical (unpaired) electrons. The van der Waals surface area contributed by atoms with E-state index in [1.54, 1.807) is 0 Å². The number of sulfonamides is 1. The number of nitrogens with one attached hydrogen (secondary N) is 2. The van der Waals surface area contributed by atoms with Crippen molar-refractivity contribution in [2.24, 2.45) is 0 Å². The number of Topliss-reactive ketones (excluding diaryl/α,β-unsaturated/α-hetero) is 1. The zero-order chi connectivity index (χ0) is 26.3. The van der Waals surface area contributed by atoms with Crippen LogP contribution in [0.2, 0.25) is 0 Å². The first-order chi connectivity index (χ1) is 16.9. The molecule has 10 heteroatoms. The largest absolute Gasteiger partial charge is 0.489 e. The van der Waals surface area contributed by atoms with Crippen molar-refractivity contribution in [1.82, 2.24) is 10.0 Å². The second kappa shape index (κ2) is 11.9. The maximum Gasteiger partial charge on any atom is 0.317 e. The molecule has 0 fully saturated rings. The van der Waals surface area contributed by atoms with E-state index in [2.05, 4.69) is 10.0 Å². The van der Waals surface area contributed by atoms with Gasteiger partial charge >= 0.3 is 5.97 Å². The van der Waals surface area contributed by atoms with Crippen molar-refractivity contribution < 1.29 is 32.6 Å². The Morgan fingerprint density at radius 3 is 2.56 bits per heavy atom. The number of carbonyl (C=O) groups excluding carboxylic acids is 1. The van der Waals surface area contributed by atoms with Gasteiger partial charge in [0.15, 0.2) is 0 Å². The average Bonchev–Trinajstić information content (AvgIpc) is 2.79. The van der Waals surface area contributed by atoms with Gasteiger partial charge < -0.3 is 19.9 Å². The molecule has 2 aromatic rings. The van der Waals surface area contributed by atoms with Gasteiger partial charge in [-0.05, 0) is 50.5 Å². The SMILES string of the molecule is CC1(C)CC(C(CCC(=O)CNCC(=O)O)NS(C)(=O)=O)c2cc(OCc3ccccc3)ccc2O1. The average molecular weight is 519 g/mol. The number of carboxylic acid groups (broad SMARTS) is 1. The first kappa shape index (κ1) is 27.6. The third-order valence-corrected chi connectivity index (χ3v) is 6.64. The van der Waals surface area contributed by atoms with Crippen molar-refractivity contribution in [3.63, 3.8) is 0 Å². The van der Waals surface area contributed by atoms with E-state index >= 15 is 0 Å². The lowest BCUT2D eigenvalue weighted by molar-refractivity contribution is -0.136. The fourth-order valence-corrected chi connectivity index (χ4v) is 5.24. The van der Waals surface area contributed by atoms with Gasteiger partial charge in [0.25, 0.3) is 0 Å². The molecule has 196 valence electrons. The molecule has 2 unspecified atom stereocenters. The van der Waals surface area contributed by atoms with E-state index in [0.717, 1.165) is 17.4 Å². The molecule has 0 saturated heterocycles. The summed E-state index contributed by atoms with van der Waals surface area (Å²) in [5, 5.41) is 11.3. The van der Waals surface area contributed by atoms with Gasteiger partial charge in [0.2, 0.25) is 10.0 Å². The minimum absolute atomic E-state index is 0.0920. The summed E-state index contributed by atoms with van der Waals surface area (Å²) in [5.74, 6) is -0.219. The molecule has 1 aliphatic heterocycles. The van der Waals surface area contributed by atoms with Gasteiger partial charge in [0, 0.05) is 23.9 Å². The zero-order valence-electron chi connectivity index (χ0n) is 20.8. The van der Waals surface area contributed by atoms with Crippen molar-refractivity contribution >= 4 is 21.8 Å². The van der Waals surface area contributed by atoms with Gasteiger partial charge in [0.1, 0.15) is 29.5 Å². The van der Waals surface area contributed by atoms with Crippen LogP contribution < -0.4 is 19.5 Å². The Bertz CT molecular complexity index is 1170. The van der Waals surface area contributed by atoms with Gasteiger partial charge in [-0.3, -0.25) is 9.59 Å². The molecular formula is C26H34N2O7S. The fourth-order valence-electron chi connectivity index (χ4n) is 4.41. The number of ketones is 1. The molecule has 0 amide bonds. The van der Waals surface area contributed by atoms with Crippen molar-refractivity contribution in [3.05, 3.63) is 59.7 Å². The molecule has 3 N–H and O–H groups in total. The summed E-state index contributed by atoms with van der Waals surface area (Å²) >= 11 is 0. The highest BCUT2D eigenvalue weighted by Crippen LogP contribution is 2.45. The standard InChI is InChI=1S/C26H34N2O7S/c1-26(2)14-22(23(28-36(3,32)33)11-9-19(29)15-27-16-25(30)31)21-13-20(10-12-24(21)35-26)34-17-18-7-5-4-6-8-18/h4-8,10,12-13,22-23,27-28H,9,11,14-17H2,1-3H3,(H,30,31). The van der Waals surface area contributed by atoms with Crippen LogP contribution >= 0.6 is 0 Å². The molecule has 0 aliphatic carbocycles. The van der Waals surface area contributed by atoms with E-state index in [4.69, 9.17) is 14.6 Å². The van der Waals surface area contributed by atoms with Crippen molar-refractivity contribution in [2.75, 3.05) is 19.3 Å². The van der Waals surface area contributed by atoms with Crippen LogP contribution in [0, 0.1) is 0 Å². The van der Waals surface area contributed by atoms with Crippen LogP contribution in [0.25, 0.3) is 0 Å². The summed E-state index contributed by atoms with van der Waals surface area (Å²) < 4.78 is 39.4. The Morgan fingerprint density at radius 1 is 1.17 bits per heavy atom. The highest BCUT2D eigenvalue weighted by molar-refractivity contribution is 7.88. The number of hydrogen-bond acceptors (Lipinski definition) is 7. The number of ether oxygens (including phenoxy) is 2. The molecule has 2 atom stereocenters. The first-order valence-electron chi connectivity index (χ1n) is 11.8. The van der Waals surface area contributed by atoms with Crippen LogP contribution in [0.5, 0.6) is 11.5 Å². The molecule has 9 nitrogen and oxygen atoms in total. The Balaban J connectivity index is 1.82. The number of aliphatic carboxylic acids is 1. The number of fused-ring (bicyclic) bond motifs is 1. The number of hydrogen-bond donors (Lipinski definition) is 3. The van der Waals surface area contributed by atoms with Gasteiger partial charge in [-0.1, -0.05) is 30.3 Å². The lowest BCUT2D eigenvalue weighted by Gasteiger charge is -2.41. The van der Waals surface area contributed by atoms with E-state index in [9.17, 15) is 18.0 Å². The minimum atomic E-state index is -3.57. The summed E-state index contributed by atoms with van der Waals surface area (Å²) in [6.07, 6.45) is 1.98.